The van der Waals surface area contributed by atoms with Crippen molar-refractivity contribution in [3.63, 3.8) is 0 Å². The maximum atomic E-state index is 11.0. The lowest BCUT2D eigenvalue weighted by Gasteiger charge is -2.30. The fourth-order valence-electron chi connectivity index (χ4n) is 1.25. The Balaban J connectivity index is 4.85. The highest BCUT2D eigenvalue weighted by Gasteiger charge is 2.36. The average Bonchev–Trinajstić information content (AvgIpc) is 2.23. The molecule has 0 aliphatic rings. The molecule has 1 unspecified atom stereocenters. The quantitative estimate of drug-likeness (QED) is 0.323. The average molecular weight is 257 g/mol. The topological polar surface area (TPSA) is 127 Å². The van der Waals surface area contributed by atoms with Crippen molar-refractivity contribution in [2.24, 2.45) is 5.41 Å². The third-order valence-corrected chi connectivity index (χ3v) is 3.47. The summed E-state index contributed by atoms with van der Waals surface area (Å²) in [6, 6.07) is 0. The van der Waals surface area contributed by atoms with E-state index in [1.54, 1.807) is 6.92 Å². The van der Waals surface area contributed by atoms with Crippen LogP contribution in [-0.4, -0.2) is 60.0 Å². The predicted molar refractivity (Wildman–Crippen MR) is 57.3 cm³/mol. The Morgan fingerprint density at radius 2 is 1.62 bits per heavy atom. The Bertz CT molecular complexity index is 279. The lowest BCUT2D eigenvalue weighted by molar-refractivity contribution is -0.00296. The molecular formula is C8H19NO6S. The molecule has 0 saturated carbocycles. The van der Waals surface area contributed by atoms with Gasteiger partial charge in [0, 0.05) is 5.41 Å². The lowest BCUT2D eigenvalue weighted by atomic mass is 9.87. The third-order valence-electron chi connectivity index (χ3n) is 2.42. The zero-order chi connectivity index (χ0) is 12.8. The van der Waals surface area contributed by atoms with Crippen molar-refractivity contribution in [2.75, 3.05) is 26.4 Å². The predicted octanol–water partition coefficient (Wildman–Crippen LogP) is -1.84. The molecule has 0 aliphatic carbocycles. The van der Waals surface area contributed by atoms with Crippen molar-refractivity contribution in [3.05, 3.63) is 0 Å². The van der Waals surface area contributed by atoms with Crippen LogP contribution in [0.25, 0.3) is 0 Å². The molecule has 16 heavy (non-hydrogen) atoms. The molecule has 0 amide bonds. The van der Waals surface area contributed by atoms with Gasteiger partial charge >= 0.3 is 0 Å². The third kappa shape index (κ3) is 4.32. The summed E-state index contributed by atoms with van der Waals surface area (Å²) < 4.78 is 30.9. The first-order valence-electron chi connectivity index (χ1n) is 4.87. The van der Waals surface area contributed by atoms with Crippen molar-refractivity contribution < 1.29 is 28.3 Å². The van der Waals surface area contributed by atoms with Crippen molar-refractivity contribution >= 4 is 10.1 Å². The first-order chi connectivity index (χ1) is 7.35. The molecule has 0 rings (SSSR count). The second-order valence-electron chi connectivity index (χ2n) is 3.74. The molecule has 5 N–H and O–H groups in total. The second-order valence-corrected chi connectivity index (χ2v) is 5.34. The molecule has 0 aromatic heterocycles. The molecule has 0 radical (unpaired) electrons. The van der Waals surface area contributed by atoms with Gasteiger partial charge in [-0.15, -0.1) is 0 Å². The zero-order valence-electron chi connectivity index (χ0n) is 9.13. The molecule has 0 spiro atoms. The minimum atomic E-state index is -4.33. The van der Waals surface area contributed by atoms with E-state index in [9.17, 15) is 8.42 Å². The van der Waals surface area contributed by atoms with Crippen molar-refractivity contribution in [1.29, 1.82) is 0 Å². The first kappa shape index (κ1) is 15.8. The molecule has 0 aliphatic heterocycles. The summed E-state index contributed by atoms with van der Waals surface area (Å²) >= 11 is 0. The molecule has 1 atom stereocenters. The van der Waals surface area contributed by atoms with Crippen LogP contribution in [0.1, 0.15) is 13.3 Å². The second kappa shape index (κ2) is 6.48. The zero-order valence-corrected chi connectivity index (χ0v) is 9.94. The molecule has 0 saturated heterocycles. The van der Waals surface area contributed by atoms with Crippen molar-refractivity contribution in [2.45, 2.75) is 18.7 Å². The molecule has 0 heterocycles. The van der Waals surface area contributed by atoms with Gasteiger partial charge in [0.25, 0.3) is 10.1 Å². The van der Waals surface area contributed by atoms with Crippen LogP contribution in [0.4, 0.5) is 0 Å². The van der Waals surface area contributed by atoms with E-state index in [1.165, 1.54) is 0 Å². The number of rotatable bonds is 8. The fourth-order valence-corrected chi connectivity index (χ4v) is 2.19. The Kier molecular flexibility index (Phi) is 6.38. The Morgan fingerprint density at radius 3 is 1.88 bits per heavy atom. The van der Waals surface area contributed by atoms with E-state index in [0.717, 1.165) is 0 Å². The number of nitrogens with one attached hydrogen (secondary N) is 1. The van der Waals surface area contributed by atoms with Gasteiger partial charge in [-0.2, -0.15) is 8.42 Å². The maximum Gasteiger partial charge on any atom is 0.281 e. The monoisotopic (exact) mass is 257 g/mol. The SMILES string of the molecule is CCNC(CC(CO)(CO)CO)S(=O)(=O)O. The summed E-state index contributed by atoms with van der Waals surface area (Å²) in [5, 5.41) is 28.3. The maximum absolute atomic E-state index is 11.0. The minimum Gasteiger partial charge on any atom is -0.396 e. The molecule has 0 fully saturated rings. The Labute approximate surface area is 94.9 Å². The van der Waals surface area contributed by atoms with E-state index in [4.69, 9.17) is 19.9 Å². The first-order valence-corrected chi connectivity index (χ1v) is 6.38. The smallest absolute Gasteiger partial charge is 0.281 e. The van der Waals surface area contributed by atoms with Crippen LogP contribution in [0, 0.1) is 5.41 Å². The van der Waals surface area contributed by atoms with Crippen LogP contribution in [0.2, 0.25) is 0 Å². The molecule has 0 bridgehead atoms. The van der Waals surface area contributed by atoms with Crippen LogP contribution in [-0.2, 0) is 10.1 Å². The fraction of sp³-hybridized carbons (Fsp3) is 1.00. The van der Waals surface area contributed by atoms with E-state index < -0.39 is 40.7 Å². The molecular weight excluding hydrogens is 238 g/mol. The van der Waals surface area contributed by atoms with Gasteiger partial charge in [0.05, 0.1) is 19.8 Å². The van der Waals surface area contributed by atoms with E-state index in [2.05, 4.69) is 5.32 Å². The lowest BCUT2D eigenvalue weighted by Crippen LogP contribution is -2.45. The molecule has 98 valence electrons. The highest BCUT2D eigenvalue weighted by molar-refractivity contribution is 7.86. The summed E-state index contributed by atoms with van der Waals surface area (Å²) in [4.78, 5) is 0. The van der Waals surface area contributed by atoms with Gasteiger partial charge in [-0.3, -0.25) is 9.87 Å². The molecule has 0 aromatic carbocycles. The summed E-state index contributed by atoms with van der Waals surface area (Å²) in [5.74, 6) is 0. The summed E-state index contributed by atoms with van der Waals surface area (Å²) in [5.41, 5.74) is -1.33. The van der Waals surface area contributed by atoms with E-state index >= 15 is 0 Å². The van der Waals surface area contributed by atoms with Gasteiger partial charge in [0.2, 0.25) is 0 Å². The van der Waals surface area contributed by atoms with Crippen molar-refractivity contribution in [1.82, 2.24) is 5.32 Å². The van der Waals surface area contributed by atoms with Gasteiger partial charge in [0.15, 0.2) is 0 Å². The van der Waals surface area contributed by atoms with Crippen LogP contribution < -0.4 is 5.32 Å². The Hall–Kier alpha value is -0.250. The molecule has 8 heteroatoms. The highest BCUT2D eigenvalue weighted by Crippen LogP contribution is 2.23. The van der Waals surface area contributed by atoms with E-state index in [0.29, 0.717) is 6.54 Å². The summed E-state index contributed by atoms with van der Waals surface area (Å²) in [7, 11) is -4.33. The van der Waals surface area contributed by atoms with Crippen molar-refractivity contribution in [3.8, 4) is 0 Å². The van der Waals surface area contributed by atoms with Gasteiger partial charge in [-0.25, -0.2) is 0 Å². The number of aliphatic hydroxyl groups excluding tert-OH is 3. The van der Waals surface area contributed by atoms with E-state index in [1.807, 2.05) is 0 Å². The number of hydrogen-bond donors (Lipinski definition) is 5. The van der Waals surface area contributed by atoms with Crippen LogP contribution in [0.5, 0.6) is 0 Å². The normalized spacial score (nSPS) is 15.1. The summed E-state index contributed by atoms with van der Waals surface area (Å²) in [6.45, 7) is 0.228. The van der Waals surface area contributed by atoms with Gasteiger partial charge in [-0.05, 0) is 13.0 Å². The minimum absolute atomic E-state index is 0.275. The van der Waals surface area contributed by atoms with Crippen LogP contribution in [0.15, 0.2) is 0 Å². The highest BCUT2D eigenvalue weighted by atomic mass is 32.2. The van der Waals surface area contributed by atoms with Crippen LogP contribution in [0.3, 0.4) is 0 Å². The van der Waals surface area contributed by atoms with E-state index in [-0.39, 0.29) is 6.42 Å². The molecule has 0 aromatic rings. The molecule has 7 nitrogen and oxygen atoms in total. The van der Waals surface area contributed by atoms with Gasteiger partial charge < -0.3 is 15.3 Å². The number of hydrogen-bond acceptors (Lipinski definition) is 6. The van der Waals surface area contributed by atoms with Gasteiger partial charge in [0.1, 0.15) is 5.37 Å². The standard InChI is InChI=1S/C8H19NO6S/c1-2-9-7(16(13,14)15)3-8(4-10,5-11)6-12/h7,9-12H,2-6H2,1H3,(H,13,14,15). The summed E-state index contributed by atoms with van der Waals surface area (Å²) in [6.07, 6.45) is -0.275. The number of aliphatic hydroxyl groups is 3. The van der Waals surface area contributed by atoms with Gasteiger partial charge in [-0.1, -0.05) is 6.92 Å². The Morgan fingerprint density at radius 1 is 1.19 bits per heavy atom. The largest absolute Gasteiger partial charge is 0.396 e. The van der Waals surface area contributed by atoms with Crippen LogP contribution >= 0.6 is 0 Å².